The summed E-state index contributed by atoms with van der Waals surface area (Å²) in [4.78, 5) is 2.45. The van der Waals surface area contributed by atoms with Gasteiger partial charge >= 0.3 is 0 Å². The Morgan fingerprint density at radius 1 is 0.302 bits per heavy atom. The first-order valence-electron chi connectivity index (χ1n) is 22.2. The Kier molecular flexibility index (Phi) is 7.42. The third kappa shape index (κ3) is 5.02. The van der Waals surface area contributed by atoms with Gasteiger partial charge in [0.05, 0.1) is 22.1 Å². The number of fused-ring (bicyclic) bond motifs is 12. The summed E-state index contributed by atoms with van der Waals surface area (Å²) < 4.78 is 4.87. The summed E-state index contributed by atoms with van der Waals surface area (Å²) in [7, 11) is 0. The highest BCUT2D eigenvalue weighted by molar-refractivity contribution is 6.10. The SMILES string of the molecule is CC1(C)c2cc(N(c3ccccc3)c3ccc4c(c3)C(C)(C)c3cc(-n5c6ccccc6c6ccccc65)ccc3-4)ccc2-c2ccc(-n3c4ccccc4c4ccccc43)cc21. The molecule has 0 unspecified atom stereocenters. The lowest BCUT2D eigenvalue weighted by atomic mass is 9.81. The van der Waals surface area contributed by atoms with Crippen LogP contribution in [0.15, 0.2) is 200 Å². The number of rotatable bonds is 5. The molecular weight excluding hydrogens is 763 g/mol. The Labute approximate surface area is 367 Å². The first kappa shape index (κ1) is 36.1. The van der Waals surface area contributed by atoms with Crippen molar-refractivity contribution in [1.29, 1.82) is 0 Å². The average molecular weight is 808 g/mol. The van der Waals surface area contributed by atoms with E-state index in [0.717, 1.165) is 17.1 Å². The largest absolute Gasteiger partial charge is 0.310 e. The molecule has 9 aromatic carbocycles. The smallest absolute Gasteiger partial charge is 0.0541 e. The van der Waals surface area contributed by atoms with E-state index in [-0.39, 0.29) is 10.8 Å². The van der Waals surface area contributed by atoms with E-state index < -0.39 is 0 Å². The molecular formula is C60H45N3. The molecule has 3 heteroatoms. The molecule has 2 aromatic heterocycles. The summed E-state index contributed by atoms with van der Waals surface area (Å²) in [5.74, 6) is 0. The van der Waals surface area contributed by atoms with Gasteiger partial charge in [-0.2, -0.15) is 0 Å². The van der Waals surface area contributed by atoms with Crippen molar-refractivity contribution < 1.29 is 0 Å². The van der Waals surface area contributed by atoms with Gasteiger partial charge in [0.15, 0.2) is 0 Å². The van der Waals surface area contributed by atoms with Crippen molar-refractivity contribution in [3.8, 4) is 33.6 Å². The molecule has 0 saturated heterocycles. The number of para-hydroxylation sites is 5. The van der Waals surface area contributed by atoms with Gasteiger partial charge in [0.2, 0.25) is 0 Å². The topological polar surface area (TPSA) is 13.1 Å². The van der Waals surface area contributed by atoms with Gasteiger partial charge in [-0.25, -0.2) is 0 Å². The lowest BCUT2D eigenvalue weighted by Gasteiger charge is -2.29. The molecule has 0 radical (unpaired) electrons. The number of aromatic nitrogens is 2. The lowest BCUT2D eigenvalue weighted by molar-refractivity contribution is 0.659. The number of nitrogens with zero attached hydrogens (tertiary/aromatic N) is 3. The molecule has 0 aliphatic heterocycles. The highest BCUT2D eigenvalue weighted by atomic mass is 15.1. The van der Waals surface area contributed by atoms with E-state index in [4.69, 9.17) is 0 Å². The van der Waals surface area contributed by atoms with Crippen molar-refractivity contribution >= 4 is 60.7 Å². The van der Waals surface area contributed by atoms with Gasteiger partial charge in [-0.05, 0) is 129 Å². The van der Waals surface area contributed by atoms with Crippen molar-refractivity contribution in [1.82, 2.24) is 9.13 Å². The van der Waals surface area contributed by atoms with Gasteiger partial charge in [0.1, 0.15) is 0 Å². The molecule has 0 bridgehead atoms. The summed E-state index contributed by atoms with van der Waals surface area (Å²) in [5, 5.41) is 5.13. The predicted molar refractivity (Wildman–Crippen MR) is 265 cm³/mol. The van der Waals surface area contributed by atoms with Gasteiger partial charge in [0, 0.05) is 60.8 Å². The van der Waals surface area contributed by atoms with Crippen LogP contribution in [0.1, 0.15) is 49.9 Å². The van der Waals surface area contributed by atoms with Gasteiger partial charge in [0.25, 0.3) is 0 Å². The molecule has 2 heterocycles. The number of hydrogen-bond acceptors (Lipinski definition) is 1. The zero-order chi connectivity index (χ0) is 42.2. The second-order valence-electron chi connectivity index (χ2n) is 18.6. The average Bonchev–Trinajstić information content (AvgIpc) is 3.98. The third-order valence-corrected chi connectivity index (χ3v) is 14.5. The van der Waals surface area contributed by atoms with E-state index in [2.05, 4.69) is 242 Å². The van der Waals surface area contributed by atoms with Crippen molar-refractivity contribution in [2.75, 3.05) is 4.90 Å². The summed E-state index contributed by atoms with van der Waals surface area (Å²) >= 11 is 0. The molecule has 0 amide bonds. The first-order valence-corrected chi connectivity index (χ1v) is 22.2. The van der Waals surface area contributed by atoms with E-state index in [1.165, 1.54) is 99.5 Å². The second-order valence-corrected chi connectivity index (χ2v) is 18.6. The van der Waals surface area contributed by atoms with Crippen LogP contribution < -0.4 is 4.90 Å². The Morgan fingerprint density at radius 2 is 0.619 bits per heavy atom. The van der Waals surface area contributed by atoms with Gasteiger partial charge < -0.3 is 14.0 Å². The fraction of sp³-hybridized carbons (Fsp3) is 0.100. The van der Waals surface area contributed by atoms with Crippen LogP contribution in [0.3, 0.4) is 0 Å². The maximum absolute atomic E-state index is 2.45. The number of benzene rings is 9. The quantitative estimate of drug-likeness (QED) is 0.169. The van der Waals surface area contributed by atoms with E-state index in [9.17, 15) is 0 Å². The van der Waals surface area contributed by atoms with Crippen LogP contribution in [-0.2, 0) is 10.8 Å². The van der Waals surface area contributed by atoms with Crippen molar-refractivity contribution in [3.05, 3.63) is 222 Å². The van der Waals surface area contributed by atoms with E-state index in [0.29, 0.717) is 0 Å². The molecule has 11 aromatic rings. The fourth-order valence-corrected chi connectivity index (χ4v) is 11.4. The minimum atomic E-state index is -0.215. The van der Waals surface area contributed by atoms with Crippen molar-refractivity contribution in [3.63, 3.8) is 0 Å². The third-order valence-electron chi connectivity index (χ3n) is 14.5. The Bertz CT molecular complexity index is 3360. The summed E-state index contributed by atoms with van der Waals surface area (Å²) in [5.41, 5.74) is 21.0. The zero-order valence-corrected chi connectivity index (χ0v) is 35.9. The summed E-state index contributed by atoms with van der Waals surface area (Å²) in [6.45, 7) is 9.58. The standard InChI is InChI=1S/C60H45N3/c1-59(2)51-34-39(26-30-43(51)45-32-28-41(36-53(45)59)62-55-22-12-8-18-47(55)48-19-9-13-23-56(48)62)61(38-16-6-5-7-17-38)40-27-31-44-46-33-29-42(37-54(46)60(3,4)52(44)35-40)63-57-24-14-10-20-49(57)50-21-11-15-25-58(50)63/h5-37H,1-4H3. The van der Waals surface area contributed by atoms with E-state index in [1.807, 2.05) is 0 Å². The van der Waals surface area contributed by atoms with Crippen LogP contribution in [0.2, 0.25) is 0 Å². The van der Waals surface area contributed by atoms with Gasteiger partial charge in [-0.3, -0.25) is 0 Å². The predicted octanol–water partition coefficient (Wildman–Crippen LogP) is 16.0. The molecule has 0 atom stereocenters. The molecule has 3 nitrogen and oxygen atoms in total. The van der Waals surface area contributed by atoms with Crippen molar-refractivity contribution in [2.45, 2.75) is 38.5 Å². The summed E-state index contributed by atoms with van der Waals surface area (Å²) in [6.07, 6.45) is 0. The normalized spacial score (nSPS) is 14.3. The molecule has 0 fully saturated rings. The molecule has 13 rings (SSSR count). The summed E-state index contributed by atoms with van der Waals surface area (Å²) in [6, 6.07) is 74.5. The zero-order valence-electron chi connectivity index (χ0n) is 35.9. The monoisotopic (exact) mass is 807 g/mol. The highest BCUT2D eigenvalue weighted by Crippen LogP contribution is 2.54. The maximum Gasteiger partial charge on any atom is 0.0541 e. The maximum atomic E-state index is 2.45. The van der Waals surface area contributed by atoms with E-state index >= 15 is 0 Å². The fourth-order valence-electron chi connectivity index (χ4n) is 11.4. The lowest BCUT2D eigenvalue weighted by Crippen LogP contribution is -2.18. The van der Waals surface area contributed by atoms with Crippen LogP contribution in [0.25, 0.3) is 77.2 Å². The van der Waals surface area contributed by atoms with Crippen LogP contribution in [0.4, 0.5) is 17.1 Å². The molecule has 2 aliphatic carbocycles. The van der Waals surface area contributed by atoms with Crippen LogP contribution >= 0.6 is 0 Å². The second kappa shape index (κ2) is 13.0. The molecule has 0 N–H and O–H groups in total. The number of hydrogen-bond donors (Lipinski definition) is 0. The minimum Gasteiger partial charge on any atom is -0.310 e. The minimum absolute atomic E-state index is 0.215. The Morgan fingerprint density at radius 3 is 1.00 bits per heavy atom. The molecule has 300 valence electrons. The van der Waals surface area contributed by atoms with Gasteiger partial charge in [-0.1, -0.05) is 143 Å². The van der Waals surface area contributed by atoms with E-state index in [1.54, 1.807) is 0 Å². The number of anilines is 3. The Hall–Kier alpha value is -7.62. The van der Waals surface area contributed by atoms with Crippen LogP contribution in [0, 0.1) is 0 Å². The van der Waals surface area contributed by atoms with Crippen molar-refractivity contribution in [2.24, 2.45) is 0 Å². The Balaban J connectivity index is 0.908. The molecule has 2 aliphatic rings. The van der Waals surface area contributed by atoms with Gasteiger partial charge in [-0.15, -0.1) is 0 Å². The molecule has 0 spiro atoms. The molecule has 0 saturated carbocycles. The first-order chi connectivity index (χ1) is 30.8. The highest BCUT2D eigenvalue weighted by Gasteiger charge is 2.38. The van der Waals surface area contributed by atoms with Crippen LogP contribution in [-0.4, -0.2) is 9.13 Å². The van der Waals surface area contributed by atoms with Crippen LogP contribution in [0.5, 0.6) is 0 Å². The molecule has 63 heavy (non-hydrogen) atoms.